The molecule has 0 spiro atoms. The van der Waals surface area contributed by atoms with Gasteiger partial charge in [0.05, 0.1) is 5.60 Å². The Hall–Kier alpha value is -0.0800. The minimum absolute atomic E-state index is 0. The van der Waals surface area contributed by atoms with Crippen molar-refractivity contribution >= 4 is 0 Å². The molecule has 0 saturated carbocycles. The Morgan fingerprint density at radius 3 is 1.18 bits per heavy atom. The summed E-state index contributed by atoms with van der Waals surface area (Å²) in [5.74, 6) is 0. The van der Waals surface area contributed by atoms with Crippen molar-refractivity contribution < 1.29 is 5.11 Å². The Bertz CT molecular complexity index is 224. The Kier molecular flexibility index (Phi) is 14.7. The average molecular weight is 316 g/mol. The zero-order valence-electron chi connectivity index (χ0n) is 16.3. The Morgan fingerprint density at radius 2 is 0.909 bits per heavy atom. The molecule has 0 unspecified atom stereocenters. The van der Waals surface area contributed by atoms with Crippen LogP contribution in [0.4, 0.5) is 0 Å². The highest BCUT2D eigenvalue weighted by molar-refractivity contribution is 4.98. The van der Waals surface area contributed by atoms with Crippen molar-refractivity contribution in [1.82, 2.24) is 6.15 Å². The van der Waals surface area contributed by atoms with Crippen LogP contribution in [0, 0.1) is 5.41 Å². The monoisotopic (exact) mass is 315 g/mol. The molecule has 0 aromatic heterocycles. The summed E-state index contributed by atoms with van der Waals surface area (Å²) < 4.78 is 0. The van der Waals surface area contributed by atoms with E-state index in [-0.39, 0.29) is 11.6 Å². The second-order valence-corrected chi connectivity index (χ2v) is 7.08. The predicted molar refractivity (Wildman–Crippen MR) is 101 cm³/mol. The predicted octanol–water partition coefficient (Wildman–Crippen LogP) is 7.04. The van der Waals surface area contributed by atoms with E-state index in [1.54, 1.807) is 0 Å². The fourth-order valence-corrected chi connectivity index (χ4v) is 3.90. The van der Waals surface area contributed by atoms with Gasteiger partial charge in [0.25, 0.3) is 0 Å². The van der Waals surface area contributed by atoms with Crippen molar-refractivity contribution in [3.63, 3.8) is 0 Å². The molecular weight excluding hydrogens is 270 g/mol. The molecule has 0 atom stereocenters. The molecule has 0 amide bonds. The van der Waals surface area contributed by atoms with Crippen LogP contribution in [0.15, 0.2) is 0 Å². The summed E-state index contributed by atoms with van der Waals surface area (Å²) in [6.45, 7) is 11.3. The minimum Gasteiger partial charge on any atom is -0.389 e. The fraction of sp³-hybridized carbons (Fsp3) is 1.00. The van der Waals surface area contributed by atoms with Gasteiger partial charge in [-0.2, -0.15) is 0 Å². The van der Waals surface area contributed by atoms with Crippen LogP contribution < -0.4 is 6.15 Å². The highest BCUT2D eigenvalue weighted by atomic mass is 16.3. The summed E-state index contributed by atoms with van der Waals surface area (Å²) in [6, 6.07) is 0. The third-order valence-electron chi connectivity index (χ3n) is 5.57. The van der Waals surface area contributed by atoms with E-state index in [0.717, 1.165) is 19.3 Å². The van der Waals surface area contributed by atoms with E-state index < -0.39 is 5.60 Å². The molecule has 0 bridgehead atoms. The number of aliphatic hydroxyl groups is 1. The molecule has 0 saturated heterocycles. The van der Waals surface area contributed by atoms with Crippen LogP contribution >= 0.6 is 0 Å². The van der Waals surface area contributed by atoms with Gasteiger partial charge in [0.15, 0.2) is 0 Å². The lowest BCUT2D eigenvalue weighted by Crippen LogP contribution is -2.48. The normalized spacial score (nSPS) is 12.3. The second-order valence-electron chi connectivity index (χ2n) is 7.08. The first-order chi connectivity index (χ1) is 10.1. The van der Waals surface area contributed by atoms with Crippen LogP contribution in [0.2, 0.25) is 0 Å². The third kappa shape index (κ3) is 7.00. The summed E-state index contributed by atoms with van der Waals surface area (Å²) in [6.07, 6.45) is 15.3. The molecule has 0 aliphatic heterocycles. The summed E-state index contributed by atoms with van der Waals surface area (Å²) in [4.78, 5) is 0. The second kappa shape index (κ2) is 13.4. The van der Waals surface area contributed by atoms with Crippen molar-refractivity contribution in [1.29, 1.82) is 0 Å². The van der Waals surface area contributed by atoms with E-state index in [9.17, 15) is 5.11 Å². The van der Waals surface area contributed by atoms with Crippen LogP contribution in [0.1, 0.15) is 118 Å². The van der Waals surface area contributed by atoms with E-state index in [0.29, 0.717) is 0 Å². The minimum atomic E-state index is -0.432. The van der Waals surface area contributed by atoms with Crippen molar-refractivity contribution in [3.8, 4) is 0 Å². The summed E-state index contributed by atoms with van der Waals surface area (Å²) in [7, 11) is 0. The van der Waals surface area contributed by atoms with Crippen LogP contribution in [0.3, 0.4) is 0 Å². The zero-order chi connectivity index (χ0) is 16.2. The maximum Gasteiger partial charge on any atom is 0.0703 e. The van der Waals surface area contributed by atoms with Gasteiger partial charge in [0, 0.05) is 0 Å². The molecule has 0 aliphatic rings. The molecule has 4 N–H and O–H groups in total. The molecular formula is C20H45NO. The van der Waals surface area contributed by atoms with Gasteiger partial charge in [-0.25, -0.2) is 0 Å². The molecule has 0 rings (SSSR count). The van der Waals surface area contributed by atoms with Crippen LogP contribution in [-0.2, 0) is 0 Å². The molecule has 0 heterocycles. The smallest absolute Gasteiger partial charge is 0.0703 e. The van der Waals surface area contributed by atoms with Crippen LogP contribution in [0.5, 0.6) is 0 Å². The van der Waals surface area contributed by atoms with Gasteiger partial charge < -0.3 is 11.3 Å². The lowest BCUT2D eigenvalue weighted by atomic mass is 9.61. The maximum absolute atomic E-state index is 11.6. The van der Waals surface area contributed by atoms with E-state index in [1.165, 1.54) is 64.2 Å². The molecule has 0 aromatic carbocycles. The lowest BCUT2D eigenvalue weighted by molar-refractivity contribution is -0.113. The number of hydrogen-bond donors (Lipinski definition) is 2. The zero-order valence-corrected chi connectivity index (χ0v) is 16.3. The van der Waals surface area contributed by atoms with Crippen molar-refractivity contribution in [3.05, 3.63) is 0 Å². The SMILES string of the molecule is CCCCC(O)(CCCC)C(CC)(CCCC)CCCC.N. The summed E-state index contributed by atoms with van der Waals surface area (Å²) >= 11 is 0. The molecule has 0 fully saturated rings. The first kappa shape index (κ1) is 24.2. The van der Waals surface area contributed by atoms with Gasteiger partial charge in [0.2, 0.25) is 0 Å². The highest BCUT2D eigenvalue weighted by Crippen LogP contribution is 2.49. The van der Waals surface area contributed by atoms with Gasteiger partial charge >= 0.3 is 0 Å². The van der Waals surface area contributed by atoms with Gasteiger partial charge in [-0.3, -0.25) is 0 Å². The van der Waals surface area contributed by atoms with Crippen molar-refractivity contribution in [2.45, 2.75) is 124 Å². The quantitative estimate of drug-likeness (QED) is 0.361. The largest absolute Gasteiger partial charge is 0.389 e. The maximum atomic E-state index is 11.6. The third-order valence-corrected chi connectivity index (χ3v) is 5.57. The summed E-state index contributed by atoms with van der Waals surface area (Å²) in [5.41, 5.74) is -0.276. The van der Waals surface area contributed by atoms with E-state index in [1.807, 2.05) is 0 Å². The number of hydrogen-bond acceptors (Lipinski definition) is 2. The molecule has 136 valence electrons. The first-order valence-corrected chi connectivity index (χ1v) is 9.78. The number of rotatable bonds is 14. The van der Waals surface area contributed by atoms with E-state index in [4.69, 9.17) is 0 Å². The van der Waals surface area contributed by atoms with Gasteiger partial charge in [-0.05, 0) is 37.5 Å². The van der Waals surface area contributed by atoms with Gasteiger partial charge in [0.1, 0.15) is 0 Å². The molecule has 0 aromatic rings. The lowest BCUT2D eigenvalue weighted by Gasteiger charge is -2.48. The molecule has 2 heteroatoms. The van der Waals surface area contributed by atoms with Gasteiger partial charge in [-0.15, -0.1) is 0 Å². The number of unbranched alkanes of at least 4 members (excludes halogenated alkanes) is 4. The standard InChI is InChI=1S/C20H42O.H3N/c1-6-11-15-19(10-5,16-12-7-2)20(21,17-13-8-3)18-14-9-4;/h21H,6-18H2,1-5H3;1H3. The Balaban J connectivity index is 0. The van der Waals surface area contributed by atoms with E-state index in [2.05, 4.69) is 34.6 Å². The Morgan fingerprint density at radius 1 is 0.591 bits per heavy atom. The first-order valence-electron chi connectivity index (χ1n) is 9.78. The van der Waals surface area contributed by atoms with Crippen LogP contribution in [0.25, 0.3) is 0 Å². The average Bonchev–Trinajstić information content (AvgIpc) is 2.51. The Labute approximate surface area is 141 Å². The molecule has 2 nitrogen and oxygen atoms in total. The molecule has 22 heavy (non-hydrogen) atoms. The molecule has 0 radical (unpaired) electrons. The van der Waals surface area contributed by atoms with E-state index >= 15 is 0 Å². The summed E-state index contributed by atoms with van der Waals surface area (Å²) in [5, 5.41) is 11.6. The topological polar surface area (TPSA) is 55.2 Å². The van der Waals surface area contributed by atoms with Gasteiger partial charge in [-0.1, -0.05) is 86.0 Å². The fourth-order valence-electron chi connectivity index (χ4n) is 3.90. The molecule has 0 aliphatic carbocycles. The van der Waals surface area contributed by atoms with Crippen molar-refractivity contribution in [2.75, 3.05) is 0 Å². The highest BCUT2D eigenvalue weighted by Gasteiger charge is 2.46. The van der Waals surface area contributed by atoms with Crippen LogP contribution in [-0.4, -0.2) is 10.7 Å². The van der Waals surface area contributed by atoms with Crippen molar-refractivity contribution in [2.24, 2.45) is 5.41 Å².